The Morgan fingerprint density at radius 3 is 2.70 bits per heavy atom. The second-order valence-corrected chi connectivity index (χ2v) is 5.88. The average Bonchev–Trinajstić information content (AvgIpc) is 2.53. The first kappa shape index (κ1) is 16.0. The summed E-state index contributed by atoms with van der Waals surface area (Å²) in [6, 6.07) is -1.84. The minimum absolute atomic E-state index is 0. The van der Waals surface area contributed by atoms with E-state index in [0.29, 0.717) is 24.4 Å². The first-order chi connectivity index (χ1) is 8.87. The van der Waals surface area contributed by atoms with Crippen molar-refractivity contribution in [1.82, 2.24) is 15.3 Å². The predicted molar refractivity (Wildman–Crippen MR) is 58.0 cm³/mol. The van der Waals surface area contributed by atoms with Gasteiger partial charge in [0.15, 0.2) is 0 Å². The van der Waals surface area contributed by atoms with E-state index in [4.69, 9.17) is 0 Å². The number of amides is 3. The van der Waals surface area contributed by atoms with Gasteiger partial charge in [-0.25, -0.2) is 13.2 Å². The molecule has 11 heteroatoms. The Hall–Kier alpha value is -0.390. The van der Waals surface area contributed by atoms with Gasteiger partial charge >= 0.3 is 35.6 Å². The molecule has 2 bridgehead atoms. The van der Waals surface area contributed by atoms with Crippen LogP contribution in [0.2, 0.25) is 0 Å². The number of hydroxylamine groups is 2. The molecule has 0 aliphatic carbocycles. The van der Waals surface area contributed by atoms with E-state index in [1.807, 2.05) is 0 Å². The van der Waals surface area contributed by atoms with Crippen LogP contribution in [0.4, 0.5) is 4.79 Å². The minimum Gasteiger partial charge on any atom is -0.724 e. The van der Waals surface area contributed by atoms with E-state index < -0.39 is 28.5 Å². The van der Waals surface area contributed by atoms with E-state index in [-0.39, 0.29) is 47.9 Å². The molecule has 0 saturated carbocycles. The number of carbonyl (C=O) groups excluding carboxylic acids is 2. The summed E-state index contributed by atoms with van der Waals surface area (Å²) in [5.41, 5.74) is 0. The molecular weight excluding hydrogens is 301 g/mol. The van der Waals surface area contributed by atoms with Gasteiger partial charge in [-0.15, -0.1) is 0 Å². The fraction of sp³-hybridized carbons (Fsp3) is 0.778. The smallest absolute Gasteiger partial charge is 0.724 e. The molecule has 9 nitrogen and oxygen atoms in total. The summed E-state index contributed by atoms with van der Waals surface area (Å²) in [4.78, 5) is 25.1. The van der Waals surface area contributed by atoms with Crippen molar-refractivity contribution in [2.24, 2.45) is 5.92 Å². The van der Waals surface area contributed by atoms with E-state index in [1.54, 1.807) is 0 Å². The molecule has 0 radical (unpaired) electrons. The summed E-state index contributed by atoms with van der Waals surface area (Å²) in [5, 5.41) is 3.27. The van der Waals surface area contributed by atoms with Crippen LogP contribution in [0.1, 0.15) is 12.8 Å². The number of nitrogens with one attached hydrogen (secondary N) is 1. The molecule has 0 spiro atoms. The van der Waals surface area contributed by atoms with Crippen molar-refractivity contribution in [2.75, 3.05) is 13.1 Å². The second-order valence-electron chi connectivity index (χ2n) is 4.92. The third kappa shape index (κ3) is 2.68. The molecule has 3 fully saturated rings. The van der Waals surface area contributed by atoms with E-state index in [1.165, 1.54) is 4.90 Å². The third-order valence-electron chi connectivity index (χ3n) is 3.79. The molecule has 0 aromatic carbocycles. The van der Waals surface area contributed by atoms with Gasteiger partial charge in [0.2, 0.25) is 16.3 Å². The molecule has 3 atom stereocenters. The Kier molecular flexibility index (Phi) is 4.34. The van der Waals surface area contributed by atoms with Gasteiger partial charge in [-0.3, -0.25) is 4.79 Å². The summed E-state index contributed by atoms with van der Waals surface area (Å²) >= 11 is 0. The van der Waals surface area contributed by atoms with Gasteiger partial charge in [0, 0.05) is 13.1 Å². The van der Waals surface area contributed by atoms with Gasteiger partial charge < -0.3 is 14.8 Å². The van der Waals surface area contributed by atoms with Gasteiger partial charge in [-0.1, -0.05) is 0 Å². The fourth-order valence-electron chi connectivity index (χ4n) is 3.11. The third-order valence-corrected chi connectivity index (χ3v) is 4.13. The Morgan fingerprint density at radius 2 is 2.05 bits per heavy atom. The standard InChI is InChI=1S/C9H13N3O6S.Na/c13-8-7-5(1-2-10-8)3-6-4-11(7)9(14)12(6)18-19(15,16)17;/h5-7H,1-4H2,(H,10,13)(H,15,16,17);/q;+1/p-1/t5-,6-,7+;/m1./s1. The van der Waals surface area contributed by atoms with Crippen molar-refractivity contribution in [3.63, 3.8) is 0 Å². The monoisotopic (exact) mass is 313 g/mol. The molecule has 3 rings (SSSR count). The zero-order chi connectivity index (χ0) is 13.8. The number of fused-ring (bicyclic) bond motifs is 4. The second kappa shape index (κ2) is 5.43. The first-order valence-corrected chi connectivity index (χ1v) is 7.23. The normalized spacial score (nSPS) is 32.5. The number of hydrogen-bond acceptors (Lipinski definition) is 6. The molecule has 3 saturated heterocycles. The van der Waals surface area contributed by atoms with Crippen molar-refractivity contribution in [3.8, 4) is 0 Å². The maximum absolute atomic E-state index is 12.0. The Balaban J connectivity index is 0.00000147. The van der Waals surface area contributed by atoms with Crippen molar-refractivity contribution < 1.29 is 56.4 Å². The number of carbonyl (C=O) groups is 2. The van der Waals surface area contributed by atoms with Crippen LogP contribution in [0.25, 0.3) is 0 Å². The fourth-order valence-corrected chi connectivity index (χ4v) is 3.49. The van der Waals surface area contributed by atoms with Crippen LogP contribution in [0.5, 0.6) is 0 Å². The molecule has 3 amide bonds. The van der Waals surface area contributed by atoms with Crippen LogP contribution in [0.3, 0.4) is 0 Å². The number of piperidine rings is 2. The molecule has 3 aliphatic rings. The first-order valence-electron chi connectivity index (χ1n) is 5.90. The van der Waals surface area contributed by atoms with Gasteiger partial charge in [-0.05, 0) is 18.8 Å². The quantitative estimate of drug-likeness (QED) is 0.311. The summed E-state index contributed by atoms with van der Waals surface area (Å²) in [6.45, 7) is 0.735. The molecule has 0 unspecified atom stereocenters. The largest absolute Gasteiger partial charge is 1.00 e. The molecule has 106 valence electrons. The molecule has 0 aromatic rings. The number of urea groups is 1. The molecule has 0 aromatic heterocycles. The predicted octanol–water partition coefficient (Wildman–Crippen LogP) is -4.60. The molecule has 20 heavy (non-hydrogen) atoms. The summed E-state index contributed by atoms with van der Waals surface area (Å²) in [6.07, 6.45) is 1.17. The van der Waals surface area contributed by atoms with Gasteiger partial charge in [-0.2, -0.15) is 9.35 Å². The SMILES string of the molecule is O=C1NCC[C@@H]2C[C@@H]3CN(C(=O)N3OS(=O)(=O)[O-])[C@H]12.[Na+]. The topological polar surface area (TPSA) is 119 Å². The Morgan fingerprint density at radius 1 is 1.35 bits per heavy atom. The zero-order valence-electron chi connectivity index (χ0n) is 10.8. The van der Waals surface area contributed by atoms with Gasteiger partial charge in [0.05, 0.1) is 6.04 Å². The van der Waals surface area contributed by atoms with Crippen LogP contribution < -0.4 is 34.9 Å². The van der Waals surface area contributed by atoms with Crippen molar-refractivity contribution in [2.45, 2.75) is 24.9 Å². The number of nitrogens with zero attached hydrogens (tertiary/aromatic N) is 2. The zero-order valence-corrected chi connectivity index (χ0v) is 13.6. The minimum atomic E-state index is -5.00. The Bertz CT molecular complexity index is 540. The summed E-state index contributed by atoms with van der Waals surface area (Å²) < 4.78 is 36.1. The molecule has 3 aliphatic heterocycles. The van der Waals surface area contributed by atoms with Crippen LogP contribution in [-0.4, -0.2) is 60.0 Å². The maximum atomic E-state index is 12.0. The van der Waals surface area contributed by atoms with E-state index in [9.17, 15) is 22.6 Å². The van der Waals surface area contributed by atoms with Gasteiger partial charge in [0.25, 0.3) is 0 Å². The van der Waals surface area contributed by atoms with Crippen LogP contribution in [0.15, 0.2) is 0 Å². The van der Waals surface area contributed by atoms with E-state index in [2.05, 4.69) is 9.60 Å². The Labute approximate surface area is 137 Å². The number of hydrogen-bond donors (Lipinski definition) is 1. The van der Waals surface area contributed by atoms with Crippen molar-refractivity contribution in [1.29, 1.82) is 0 Å². The summed E-state index contributed by atoms with van der Waals surface area (Å²) in [5.74, 6) is -0.269. The summed E-state index contributed by atoms with van der Waals surface area (Å²) in [7, 11) is -5.00. The van der Waals surface area contributed by atoms with Crippen molar-refractivity contribution in [3.05, 3.63) is 0 Å². The van der Waals surface area contributed by atoms with Crippen LogP contribution >= 0.6 is 0 Å². The van der Waals surface area contributed by atoms with Crippen molar-refractivity contribution >= 4 is 22.3 Å². The molecular formula is C9H12N3NaO6S. The molecule has 1 N–H and O–H groups in total. The molecule has 3 heterocycles. The number of rotatable bonds is 2. The average molecular weight is 313 g/mol. The van der Waals surface area contributed by atoms with Crippen LogP contribution in [-0.2, 0) is 19.5 Å². The van der Waals surface area contributed by atoms with E-state index >= 15 is 0 Å². The maximum Gasteiger partial charge on any atom is 1.00 e. The van der Waals surface area contributed by atoms with Crippen LogP contribution in [0, 0.1) is 5.92 Å². The van der Waals surface area contributed by atoms with E-state index in [0.717, 1.165) is 0 Å². The van der Waals surface area contributed by atoms with Gasteiger partial charge in [0.1, 0.15) is 6.04 Å².